The first-order valence-corrected chi connectivity index (χ1v) is 10.7. The lowest BCUT2D eigenvalue weighted by Gasteiger charge is -2.26. The van der Waals surface area contributed by atoms with Gasteiger partial charge in [-0.25, -0.2) is 9.07 Å². The van der Waals surface area contributed by atoms with Gasteiger partial charge in [0.25, 0.3) is 5.91 Å². The molecule has 5 rings (SSSR count). The average Bonchev–Trinajstić information content (AvgIpc) is 3.25. The van der Waals surface area contributed by atoms with E-state index in [-0.39, 0.29) is 17.8 Å². The Kier molecular flexibility index (Phi) is 5.26. The van der Waals surface area contributed by atoms with Gasteiger partial charge < -0.3 is 10.6 Å². The lowest BCUT2D eigenvalue weighted by molar-refractivity contribution is 0.102. The Morgan fingerprint density at radius 2 is 1.58 bits per heavy atom. The number of carbonyl (C=O) groups is 1. The summed E-state index contributed by atoms with van der Waals surface area (Å²) in [6.07, 6.45) is 3.61. The second-order valence-electron chi connectivity index (χ2n) is 8.24. The van der Waals surface area contributed by atoms with Gasteiger partial charge in [-0.05, 0) is 55.3 Å². The zero-order chi connectivity index (χ0) is 22.9. The number of allylic oxidation sites excluding steroid dienone is 1. The van der Waals surface area contributed by atoms with Crippen molar-refractivity contribution in [1.82, 2.24) is 9.78 Å². The molecule has 0 unspecified atom stereocenters. The minimum absolute atomic E-state index is 0.254. The molecule has 4 aromatic rings. The van der Waals surface area contributed by atoms with Crippen molar-refractivity contribution >= 4 is 23.1 Å². The van der Waals surface area contributed by atoms with E-state index < -0.39 is 0 Å². The fourth-order valence-electron chi connectivity index (χ4n) is 3.90. The molecule has 33 heavy (non-hydrogen) atoms. The van der Waals surface area contributed by atoms with Crippen LogP contribution in [0, 0.1) is 19.7 Å². The Bertz CT molecular complexity index is 1340. The van der Waals surface area contributed by atoms with E-state index in [4.69, 9.17) is 0 Å². The fourth-order valence-corrected chi connectivity index (χ4v) is 3.90. The normalized spacial score (nSPS) is 14.8. The van der Waals surface area contributed by atoms with Crippen LogP contribution in [0.3, 0.4) is 0 Å². The molecule has 6 heteroatoms. The number of aromatic nitrogens is 2. The van der Waals surface area contributed by atoms with Crippen molar-refractivity contribution in [2.45, 2.75) is 19.9 Å². The highest BCUT2D eigenvalue weighted by atomic mass is 19.1. The number of fused-ring (bicyclic) bond motifs is 1. The highest BCUT2D eigenvalue weighted by Gasteiger charge is 2.28. The maximum absolute atomic E-state index is 13.6. The molecule has 0 bridgehead atoms. The first-order valence-electron chi connectivity index (χ1n) is 10.7. The van der Waals surface area contributed by atoms with E-state index in [1.54, 1.807) is 23.0 Å². The number of hydrogen-bond acceptors (Lipinski definition) is 3. The summed E-state index contributed by atoms with van der Waals surface area (Å²) in [5.74, 6) is 0.0388. The van der Waals surface area contributed by atoms with Crippen molar-refractivity contribution in [3.05, 3.63) is 119 Å². The summed E-state index contributed by atoms with van der Waals surface area (Å²) in [6.45, 7) is 4.04. The molecular weight excluding hydrogens is 415 g/mol. The van der Waals surface area contributed by atoms with Crippen LogP contribution in [0.4, 0.5) is 15.9 Å². The van der Waals surface area contributed by atoms with Gasteiger partial charge >= 0.3 is 0 Å². The summed E-state index contributed by atoms with van der Waals surface area (Å²) >= 11 is 0. The van der Waals surface area contributed by atoms with E-state index in [0.717, 1.165) is 28.0 Å². The summed E-state index contributed by atoms with van der Waals surface area (Å²) in [4.78, 5) is 13.1. The standard InChI is InChI=1S/C27H23FN4O/c1-17-3-7-19(8-4-17)24-15-25(20-9-11-21(28)12-10-20)32-26(31-24)23(16-29-32)27(33)30-22-13-5-18(2)6-14-22/h3-16,25,31H,1-2H3,(H,30,33)/t25-/m0/s1. The zero-order valence-corrected chi connectivity index (χ0v) is 18.3. The number of hydrogen-bond donors (Lipinski definition) is 2. The molecule has 1 aliphatic heterocycles. The monoisotopic (exact) mass is 438 g/mol. The molecule has 1 atom stereocenters. The van der Waals surface area contributed by atoms with Crippen LogP contribution in [-0.4, -0.2) is 15.7 Å². The average molecular weight is 439 g/mol. The number of amides is 1. The molecule has 0 fully saturated rings. The molecular formula is C27H23FN4O. The summed E-state index contributed by atoms with van der Waals surface area (Å²) in [5.41, 5.74) is 6.15. The van der Waals surface area contributed by atoms with E-state index in [1.807, 2.05) is 68.5 Å². The van der Waals surface area contributed by atoms with Gasteiger partial charge in [0, 0.05) is 11.4 Å². The Morgan fingerprint density at radius 1 is 0.939 bits per heavy atom. The summed E-state index contributed by atoms with van der Waals surface area (Å²) in [6, 6.07) is 21.9. The third-order valence-corrected chi connectivity index (χ3v) is 5.76. The molecule has 0 spiro atoms. The Hall–Kier alpha value is -4.19. The molecule has 164 valence electrons. The molecule has 1 aliphatic rings. The van der Waals surface area contributed by atoms with Gasteiger partial charge in [0.15, 0.2) is 0 Å². The molecule has 1 amide bonds. The fraction of sp³-hybridized carbons (Fsp3) is 0.111. The van der Waals surface area contributed by atoms with Gasteiger partial charge in [-0.15, -0.1) is 0 Å². The van der Waals surface area contributed by atoms with Crippen molar-refractivity contribution in [2.24, 2.45) is 0 Å². The molecule has 2 N–H and O–H groups in total. The van der Waals surface area contributed by atoms with Gasteiger partial charge in [-0.1, -0.05) is 59.7 Å². The Morgan fingerprint density at radius 3 is 2.24 bits per heavy atom. The Balaban J connectivity index is 1.55. The van der Waals surface area contributed by atoms with Crippen LogP contribution < -0.4 is 10.6 Å². The summed E-state index contributed by atoms with van der Waals surface area (Å²) in [5, 5.41) is 10.9. The minimum atomic E-state index is -0.297. The van der Waals surface area contributed by atoms with Crippen LogP contribution in [0.2, 0.25) is 0 Å². The zero-order valence-electron chi connectivity index (χ0n) is 18.3. The Labute approximate surface area is 191 Å². The predicted octanol–water partition coefficient (Wildman–Crippen LogP) is 5.95. The number of aryl methyl sites for hydroxylation is 2. The number of anilines is 2. The van der Waals surface area contributed by atoms with Gasteiger partial charge in [-0.3, -0.25) is 4.79 Å². The van der Waals surface area contributed by atoms with Crippen molar-refractivity contribution in [3.63, 3.8) is 0 Å². The van der Waals surface area contributed by atoms with Crippen LogP contribution in [0.25, 0.3) is 5.70 Å². The molecule has 1 aromatic heterocycles. The second kappa shape index (κ2) is 8.39. The molecule has 0 radical (unpaired) electrons. The van der Waals surface area contributed by atoms with Crippen molar-refractivity contribution in [3.8, 4) is 0 Å². The van der Waals surface area contributed by atoms with Crippen molar-refractivity contribution < 1.29 is 9.18 Å². The summed E-state index contributed by atoms with van der Waals surface area (Å²) < 4.78 is 15.3. The van der Waals surface area contributed by atoms with E-state index in [9.17, 15) is 9.18 Å². The molecule has 0 saturated carbocycles. The molecule has 5 nitrogen and oxygen atoms in total. The molecule has 3 aromatic carbocycles. The van der Waals surface area contributed by atoms with Gasteiger partial charge in [0.2, 0.25) is 0 Å². The van der Waals surface area contributed by atoms with E-state index >= 15 is 0 Å². The van der Waals surface area contributed by atoms with Crippen molar-refractivity contribution in [2.75, 3.05) is 10.6 Å². The van der Waals surface area contributed by atoms with Crippen LogP contribution in [0.5, 0.6) is 0 Å². The molecule has 0 saturated heterocycles. The highest BCUT2D eigenvalue weighted by molar-refractivity contribution is 6.08. The third kappa shape index (κ3) is 4.15. The number of rotatable bonds is 4. The maximum atomic E-state index is 13.6. The molecule has 2 heterocycles. The number of benzene rings is 3. The topological polar surface area (TPSA) is 59.0 Å². The predicted molar refractivity (Wildman–Crippen MR) is 129 cm³/mol. The van der Waals surface area contributed by atoms with Crippen LogP contribution >= 0.6 is 0 Å². The largest absolute Gasteiger partial charge is 0.339 e. The number of carbonyl (C=O) groups excluding carboxylic acids is 1. The first kappa shape index (κ1) is 20.7. The SMILES string of the molecule is Cc1ccc(NC(=O)c2cnn3c2NC(c2ccc(C)cc2)=C[C@H]3c2ccc(F)cc2)cc1. The first-order chi connectivity index (χ1) is 16.0. The number of halogens is 1. The lowest BCUT2D eigenvalue weighted by Crippen LogP contribution is -2.22. The third-order valence-electron chi connectivity index (χ3n) is 5.76. The van der Waals surface area contributed by atoms with Gasteiger partial charge in [0.1, 0.15) is 17.2 Å². The van der Waals surface area contributed by atoms with Crippen molar-refractivity contribution in [1.29, 1.82) is 0 Å². The second-order valence-corrected chi connectivity index (χ2v) is 8.24. The number of nitrogens with one attached hydrogen (secondary N) is 2. The van der Waals surface area contributed by atoms with Gasteiger partial charge in [0.05, 0.1) is 12.2 Å². The van der Waals surface area contributed by atoms with Crippen LogP contribution in [0.15, 0.2) is 85.1 Å². The smallest absolute Gasteiger partial charge is 0.261 e. The van der Waals surface area contributed by atoms with Crippen LogP contribution in [-0.2, 0) is 0 Å². The van der Waals surface area contributed by atoms with E-state index in [1.165, 1.54) is 12.1 Å². The van der Waals surface area contributed by atoms with E-state index in [0.29, 0.717) is 17.1 Å². The highest BCUT2D eigenvalue weighted by Crippen LogP contribution is 2.35. The lowest BCUT2D eigenvalue weighted by atomic mass is 10.0. The molecule has 0 aliphatic carbocycles. The van der Waals surface area contributed by atoms with E-state index in [2.05, 4.69) is 15.7 Å². The number of nitrogens with zero attached hydrogens (tertiary/aromatic N) is 2. The van der Waals surface area contributed by atoms with Crippen LogP contribution in [0.1, 0.15) is 38.7 Å². The van der Waals surface area contributed by atoms with Gasteiger partial charge in [-0.2, -0.15) is 5.10 Å². The quantitative estimate of drug-likeness (QED) is 0.414. The minimum Gasteiger partial charge on any atom is -0.339 e. The summed E-state index contributed by atoms with van der Waals surface area (Å²) in [7, 11) is 0. The maximum Gasteiger partial charge on any atom is 0.261 e.